The number of rotatable bonds is 6. The second-order valence-corrected chi connectivity index (χ2v) is 3.98. The van der Waals surface area contributed by atoms with Crippen molar-refractivity contribution in [3.05, 3.63) is 23.8 Å². The molecule has 1 aromatic rings. The summed E-state index contributed by atoms with van der Waals surface area (Å²) < 4.78 is 0. The molecule has 0 aliphatic carbocycles. The summed E-state index contributed by atoms with van der Waals surface area (Å²) in [4.78, 5) is 29.7. The summed E-state index contributed by atoms with van der Waals surface area (Å²) in [6.45, 7) is 4.73. The van der Waals surface area contributed by atoms with Crippen molar-refractivity contribution >= 4 is 11.9 Å². The second-order valence-electron chi connectivity index (χ2n) is 3.98. The van der Waals surface area contributed by atoms with Crippen molar-refractivity contribution in [1.29, 1.82) is 0 Å². The summed E-state index contributed by atoms with van der Waals surface area (Å²) in [6, 6.07) is 0. The van der Waals surface area contributed by atoms with E-state index >= 15 is 0 Å². The maximum atomic E-state index is 11.7. The van der Waals surface area contributed by atoms with E-state index in [-0.39, 0.29) is 17.3 Å². The molecule has 0 saturated carbocycles. The smallest absolute Gasteiger partial charge is 0.356 e. The van der Waals surface area contributed by atoms with Crippen molar-refractivity contribution in [2.45, 2.75) is 26.7 Å². The monoisotopic (exact) mass is 251 g/mol. The lowest BCUT2D eigenvalue weighted by atomic mass is 10.0. The van der Waals surface area contributed by atoms with Crippen molar-refractivity contribution in [2.24, 2.45) is 5.92 Å². The Bertz CT molecular complexity index is 413. The fraction of sp³-hybridized carbons (Fsp3) is 0.500. The number of carbonyl (C=O) groups is 2. The van der Waals surface area contributed by atoms with Gasteiger partial charge in [-0.25, -0.2) is 14.8 Å². The Morgan fingerprint density at radius 1 is 1.22 bits per heavy atom. The van der Waals surface area contributed by atoms with Gasteiger partial charge < -0.3 is 10.4 Å². The van der Waals surface area contributed by atoms with Gasteiger partial charge in [-0.1, -0.05) is 26.7 Å². The lowest BCUT2D eigenvalue weighted by molar-refractivity contribution is 0.0689. The molecular formula is C12H17N3O3. The van der Waals surface area contributed by atoms with Crippen molar-refractivity contribution in [1.82, 2.24) is 15.3 Å². The molecule has 0 aliphatic heterocycles. The molecule has 0 aliphatic rings. The summed E-state index contributed by atoms with van der Waals surface area (Å²) >= 11 is 0. The molecule has 0 aromatic carbocycles. The minimum atomic E-state index is -1.16. The minimum absolute atomic E-state index is 0.131. The van der Waals surface area contributed by atoms with Crippen LogP contribution in [0.3, 0.4) is 0 Å². The molecule has 1 rings (SSSR count). The molecule has 98 valence electrons. The highest BCUT2D eigenvalue weighted by Crippen LogP contribution is 2.05. The molecule has 1 amide bonds. The first-order chi connectivity index (χ1) is 8.58. The molecule has 18 heavy (non-hydrogen) atoms. The van der Waals surface area contributed by atoms with Crippen LogP contribution in [0, 0.1) is 5.92 Å². The molecule has 0 spiro atoms. The molecular weight excluding hydrogens is 234 g/mol. The van der Waals surface area contributed by atoms with E-state index in [9.17, 15) is 9.59 Å². The Morgan fingerprint density at radius 3 is 2.22 bits per heavy atom. The standard InChI is InChI=1S/C12H17N3O3/c1-3-8(4-2)5-15-11(16)9-6-14-10(7-13-9)12(17)18/h6-8H,3-5H2,1-2H3,(H,15,16)(H,17,18). The van der Waals surface area contributed by atoms with Crippen LogP contribution in [0.25, 0.3) is 0 Å². The van der Waals surface area contributed by atoms with E-state index in [1.165, 1.54) is 6.20 Å². The van der Waals surface area contributed by atoms with Crippen molar-refractivity contribution in [3.63, 3.8) is 0 Å². The normalized spacial score (nSPS) is 10.4. The van der Waals surface area contributed by atoms with Gasteiger partial charge >= 0.3 is 5.97 Å². The van der Waals surface area contributed by atoms with E-state index in [0.29, 0.717) is 12.5 Å². The van der Waals surface area contributed by atoms with E-state index in [0.717, 1.165) is 19.0 Å². The van der Waals surface area contributed by atoms with Gasteiger partial charge in [0.15, 0.2) is 5.69 Å². The number of hydrogen-bond acceptors (Lipinski definition) is 4. The van der Waals surface area contributed by atoms with Gasteiger partial charge in [0.05, 0.1) is 12.4 Å². The van der Waals surface area contributed by atoms with E-state index in [4.69, 9.17) is 5.11 Å². The number of carbonyl (C=O) groups excluding carboxylic acids is 1. The van der Waals surface area contributed by atoms with Gasteiger partial charge in [-0.15, -0.1) is 0 Å². The van der Waals surface area contributed by atoms with Gasteiger partial charge in [-0.3, -0.25) is 4.79 Å². The summed E-state index contributed by atoms with van der Waals surface area (Å²) in [5, 5.41) is 11.4. The van der Waals surface area contributed by atoms with Crippen LogP contribution in [0.2, 0.25) is 0 Å². The quantitative estimate of drug-likeness (QED) is 0.796. The molecule has 0 atom stereocenters. The predicted octanol–water partition coefficient (Wildman–Crippen LogP) is 1.34. The minimum Gasteiger partial charge on any atom is -0.476 e. The lowest BCUT2D eigenvalue weighted by Gasteiger charge is -2.12. The zero-order valence-electron chi connectivity index (χ0n) is 10.5. The average Bonchev–Trinajstić information content (AvgIpc) is 2.39. The highest BCUT2D eigenvalue weighted by atomic mass is 16.4. The number of aromatic carboxylic acids is 1. The number of carboxylic acids is 1. The topological polar surface area (TPSA) is 92.2 Å². The van der Waals surface area contributed by atoms with Crippen LogP contribution >= 0.6 is 0 Å². The van der Waals surface area contributed by atoms with E-state index in [1.54, 1.807) is 0 Å². The first kappa shape index (κ1) is 14.1. The van der Waals surface area contributed by atoms with Gasteiger partial charge in [0, 0.05) is 6.54 Å². The van der Waals surface area contributed by atoms with Gasteiger partial charge in [-0.2, -0.15) is 0 Å². The Labute approximate surface area is 105 Å². The molecule has 6 heteroatoms. The van der Waals surface area contributed by atoms with Gasteiger partial charge in [0.1, 0.15) is 5.69 Å². The summed E-state index contributed by atoms with van der Waals surface area (Å²) in [5.74, 6) is -1.04. The van der Waals surface area contributed by atoms with E-state index < -0.39 is 5.97 Å². The third-order valence-corrected chi connectivity index (χ3v) is 2.81. The number of aromatic nitrogens is 2. The molecule has 0 bridgehead atoms. The fourth-order valence-corrected chi connectivity index (χ4v) is 1.46. The molecule has 0 fully saturated rings. The fourth-order valence-electron chi connectivity index (χ4n) is 1.46. The largest absolute Gasteiger partial charge is 0.476 e. The summed E-state index contributed by atoms with van der Waals surface area (Å²) in [7, 11) is 0. The number of nitrogens with one attached hydrogen (secondary N) is 1. The van der Waals surface area contributed by atoms with Crippen LogP contribution in [0.4, 0.5) is 0 Å². The van der Waals surface area contributed by atoms with Crippen LogP contribution in [0.15, 0.2) is 12.4 Å². The summed E-state index contributed by atoms with van der Waals surface area (Å²) in [5.41, 5.74) is -0.0440. The summed E-state index contributed by atoms with van der Waals surface area (Å²) in [6.07, 6.45) is 4.25. The maximum Gasteiger partial charge on any atom is 0.356 e. The number of nitrogens with zero attached hydrogens (tertiary/aromatic N) is 2. The number of carboxylic acid groups (broad SMARTS) is 1. The molecule has 0 saturated heterocycles. The van der Waals surface area contributed by atoms with Gasteiger partial charge in [0.25, 0.3) is 5.91 Å². The van der Waals surface area contributed by atoms with Crippen LogP contribution in [-0.4, -0.2) is 33.5 Å². The highest BCUT2D eigenvalue weighted by Gasteiger charge is 2.12. The first-order valence-electron chi connectivity index (χ1n) is 5.92. The molecule has 1 heterocycles. The highest BCUT2D eigenvalue weighted by molar-refractivity contribution is 5.92. The SMILES string of the molecule is CCC(CC)CNC(=O)c1cnc(C(=O)O)cn1. The van der Waals surface area contributed by atoms with Crippen LogP contribution in [0.1, 0.15) is 47.7 Å². The Balaban J connectivity index is 2.59. The zero-order chi connectivity index (χ0) is 13.5. The van der Waals surface area contributed by atoms with Crippen molar-refractivity contribution in [3.8, 4) is 0 Å². The third kappa shape index (κ3) is 3.80. The van der Waals surface area contributed by atoms with Crippen LogP contribution < -0.4 is 5.32 Å². The number of amides is 1. The maximum absolute atomic E-state index is 11.7. The number of hydrogen-bond donors (Lipinski definition) is 2. The van der Waals surface area contributed by atoms with Crippen molar-refractivity contribution < 1.29 is 14.7 Å². The third-order valence-electron chi connectivity index (χ3n) is 2.81. The van der Waals surface area contributed by atoms with Crippen LogP contribution in [-0.2, 0) is 0 Å². The predicted molar refractivity (Wildman–Crippen MR) is 65.4 cm³/mol. The van der Waals surface area contributed by atoms with Crippen LogP contribution in [0.5, 0.6) is 0 Å². The van der Waals surface area contributed by atoms with E-state index in [1.807, 2.05) is 0 Å². The zero-order valence-corrected chi connectivity index (χ0v) is 10.5. The van der Waals surface area contributed by atoms with Gasteiger partial charge in [-0.05, 0) is 5.92 Å². The average molecular weight is 251 g/mol. The Hall–Kier alpha value is -1.98. The van der Waals surface area contributed by atoms with Crippen molar-refractivity contribution in [2.75, 3.05) is 6.54 Å². The molecule has 1 aromatic heterocycles. The molecule has 0 radical (unpaired) electrons. The lowest BCUT2D eigenvalue weighted by Crippen LogP contribution is -2.29. The molecule has 2 N–H and O–H groups in total. The van der Waals surface area contributed by atoms with Gasteiger partial charge in [0.2, 0.25) is 0 Å². The van der Waals surface area contributed by atoms with E-state index in [2.05, 4.69) is 29.1 Å². The molecule has 6 nitrogen and oxygen atoms in total. The first-order valence-corrected chi connectivity index (χ1v) is 5.92. The Kier molecular flexibility index (Phi) is 5.23. The Morgan fingerprint density at radius 2 is 1.78 bits per heavy atom. The second kappa shape index (κ2) is 6.68. The molecule has 0 unspecified atom stereocenters.